The molecule has 0 unspecified atom stereocenters. The molecule has 2 aromatic carbocycles. The lowest BCUT2D eigenvalue weighted by molar-refractivity contribution is -0.384. The van der Waals surface area contributed by atoms with Crippen LogP contribution in [0, 0.1) is 17.0 Å². The van der Waals surface area contributed by atoms with Crippen LogP contribution in [0.3, 0.4) is 0 Å². The van der Waals surface area contributed by atoms with Gasteiger partial charge in [0.2, 0.25) is 0 Å². The molecule has 15 heteroatoms. The summed E-state index contributed by atoms with van der Waals surface area (Å²) < 4.78 is 32.8. The smallest absolute Gasteiger partial charge is 0.299 e. The van der Waals surface area contributed by atoms with E-state index in [2.05, 4.69) is 15.3 Å². The minimum Gasteiger partial charge on any atom is -0.506 e. The molecule has 3 aromatic rings. The average molecular weight is 488 g/mol. The lowest BCUT2D eigenvalue weighted by Gasteiger charge is -2.08. The molecule has 1 heterocycles. The zero-order chi connectivity index (χ0) is 23.1. The molecule has 0 aliphatic rings. The Kier molecular flexibility index (Phi) is 5.87. The summed E-state index contributed by atoms with van der Waals surface area (Å²) >= 11 is 11.9. The first-order chi connectivity index (χ1) is 14.4. The van der Waals surface area contributed by atoms with Gasteiger partial charge in [-0.25, -0.2) is 4.68 Å². The number of phenols is 1. The van der Waals surface area contributed by atoms with Gasteiger partial charge in [-0.3, -0.25) is 24.6 Å². The summed E-state index contributed by atoms with van der Waals surface area (Å²) in [5.74, 6) is -0.390. The predicted molar refractivity (Wildman–Crippen MR) is 110 cm³/mol. The maximum absolute atomic E-state index is 12.8. The van der Waals surface area contributed by atoms with E-state index in [0.717, 1.165) is 35.0 Å². The number of nitro groups is 1. The average Bonchev–Trinajstić information content (AvgIpc) is 2.95. The molecule has 3 N–H and O–H groups in total. The fourth-order valence-corrected chi connectivity index (χ4v) is 3.86. The summed E-state index contributed by atoms with van der Waals surface area (Å²) in [6, 6.07) is 5.04. The van der Waals surface area contributed by atoms with Crippen LogP contribution in [0.15, 0.2) is 50.3 Å². The number of benzene rings is 2. The van der Waals surface area contributed by atoms with Crippen molar-refractivity contribution in [2.45, 2.75) is 11.8 Å². The van der Waals surface area contributed by atoms with E-state index in [4.69, 9.17) is 23.2 Å². The summed E-state index contributed by atoms with van der Waals surface area (Å²) in [6.07, 6.45) is 0. The van der Waals surface area contributed by atoms with Gasteiger partial charge in [0.1, 0.15) is 16.3 Å². The minimum atomic E-state index is -4.64. The maximum Gasteiger partial charge on any atom is 0.299 e. The SMILES string of the molecule is Cc1[nH]n(-c2cc(Cl)c(S(=O)(=O)O)cc2Cl)c(=O)c1N=Nc1cc([N+](=O)[O-])ccc1O. The van der Waals surface area contributed by atoms with E-state index < -0.39 is 31.2 Å². The van der Waals surface area contributed by atoms with Gasteiger partial charge in [0.25, 0.3) is 21.4 Å². The monoisotopic (exact) mass is 487 g/mol. The number of nitrogens with zero attached hydrogens (tertiary/aromatic N) is 4. The van der Waals surface area contributed by atoms with Crippen molar-refractivity contribution >= 4 is 50.4 Å². The second-order valence-corrected chi connectivity index (χ2v) is 8.27. The van der Waals surface area contributed by atoms with Crippen LogP contribution in [-0.4, -0.2) is 32.8 Å². The lowest BCUT2D eigenvalue weighted by atomic mass is 10.2. The number of hydrogen-bond acceptors (Lipinski definition) is 8. The van der Waals surface area contributed by atoms with Crippen LogP contribution in [0.2, 0.25) is 10.0 Å². The first kappa shape index (κ1) is 22.4. The molecule has 0 atom stereocenters. The van der Waals surface area contributed by atoms with Crippen molar-refractivity contribution in [2.24, 2.45) is 10.2 Å². The second kappa shape index (κ2) is 8.11. The van der Waals surface area contributed by atoms with E-state index in [1.807, 2.05) is 0 Å². The number of H-pyrrole nitrogens is 1. The second-order valence-electron chi connectivity index (χ2n) is 6.07. The van der Waals surface area contributed by atoms with Gasteiger partial charge < -0.3 is 5.11 Å². The van der Waals surface area contributed by atoms with Gasteiger partial charge in [-0.2, -0.15) is 8.42 Å². The Balaban J connectivity index is 2.08. The Labute approximate surface area is 183 Å². The number of nitro benzene ring substituents is 1. The third kappa shape index (κ3) is 4.44. The molecule has 31 heavy (non-hydrogen) atoms. The number of rotatable bonds is 5. The third-order valence-corrected chi connectivity index (χ3v) is 5.61. The molecule has 0 aliphatic heterocycles. The molecule has 3 rings (SSSR count). The zero-order valence-corrected chi connectivity index (χ0v) is 17.6. The van der Waals surface area contributed by atoms with Crippen molar-refractivity contribution in [2.75, 3.05) is 0 Å². The van der Waals surface area contributed by atoms with E-state index in [-0.39, 0.29) is 38.5 Å². The van der Waals surface area contributed by atoms with Gasteiger partial charge in [-0.1, -0.05) is 23.2 Å². The number of halogens is 2. The first-order valence-corrected chi connectivity index (χ1v) is 10.3. The number of non-ortho nitro benzene ring substituents is 1. The van der Waals surface area contributed by atoms with Crippen molar-refractivity contribution in [3.63, 3.8) is 0 Å². The molecule has 0 spiro atoms. The summed E-state index contributed by atoms with van der Waals surface area (Å²) in [4.78, 5) is 22.3. The molecule has 162 valence electrons. The third-order valence-electron chi connectivity index (χ3n) is 3.99. The van der Waals surface area contributed by atoms with E-state index in [1.54, 1.807) is 0 Å². The Morgan fingerprint density at radius 1 is 1.16 bits per heavy atom. The number of aromatic nitrogens is 2. The Hall–Kier alpha value is -3.26. The number of phenolic OH excluding ortho intramolecular Hbond substituents is 1. The summed E-state index contributed by atoms with van der Waals surface area (Å²) in [7, 11) is -4.64. The van der Waals surface area contributed by atoms with Crippen LogP contribution in [0.4, 0.5) is 17.1 Å². The molecule has 0 fully saturated rings. The van der Waals surface area contributed by atoms with Crippen LogP contribution in [0.1, 0.15) is 5.69 Å². The van der Waals surface area contributed by atoms with E-state index in [0.29, 0.717) is 0 Å². The number of aromatic hydroxyl groups is 1. The summed E-state index contributed by atoms with van der Waals surface area (Å²) in [5.41, 5.74) is -1.37. The Morgan fingerprint density at radius 3 is 2.45 bits per heavy atom. The van der Waals surface area contributed by atoms with Gasteiger partial charge in [0, 0.05) is 12.1 Å². The normalized spacial score (nSPS) is 11.9. The zero-order valence-electron chi connectivity index (χ0n) is 15.3. The lowest BCUT2D eigenvalue weighted by Crippen LogP contribution is -2.15. The molecule has 12 nitrogen and oxygen atoms in total. The highest BCUT2D eigenvalue weighted by molar-refractivity contribution is 7.86. The molecule has 0 amide bonds. The van der Waals surface area contributed by atoms with Crippen LogP contribution < -0.4 is 5.56 Å². The highest BCUT2D eigenvalue weighted by atomic mass is 35.5. The van der Waals surface area contributed by atoms with Gasteiger partial charge in [-0.05, 0) is 25.1 Å². The molecule has 1 aromatic heterocycles. The van der Waals surface area contributed by atoms with Crippen LogP contribution in [0.5, 0.6) is 5.75 Å². The fourth-order valence-electron chi connectivity index (χ4n) is 2.52. The number of azo groups is 1. The largest absolute Gasteiger partial charge is 0.506 e. The van der Waals surface area contributed by atoms with Crippen molar-refractivity contribution in [1.29, 1.82) is 0 Å². The van der Waals surface area contributed by atoms with Crippen LogP contribution >= 0.6 is 23.2 Å². The molecule has 0 radical (unpaired) electrons. The highest BCUT2D eigenvalue weighted by Gasteiger charge is 2.21. The Bertz CT molecular complexity index is 1410. The number of aryl methyl sites for hydroxylation is 1. The fraction of sp³-hybridized carbons (Fsp3) is 0.0625. The quantitative estimate of drug-likeness (QED) is 0.210. The van der Waals surface area contributed by atoms with Crippen molar-refractivity contribution in [3.05, 3.63) is 66.5 Å². The van der Waals surface area contributed by atoms with Crippen LogP contribution in [-0.2, 0) is 10.1 Å². The van der Waals surface area contributed by atoms with Crippen molar-refractivity contribution in [1.82, 2.24) is 9.78 Å². The van der Waals surface area contributed by atoms with Gasteiger partial charge in [0.15, 0.2) is 5.69 Å². The molecule has 0 bridgehead atoms. The summed E-state index contributed by atoms with van der Waals surface area (Å²) in [6.45, 7) is 1.47. The number of hydrogen-bond donors (Lipinski definition) is 3. The van der Waals surface area contributed by atoms with Crippen LogP contribution in [0.25, 0.3) is 5.69 Å². The van der Waals surface area contributed by atoms with Gasteiger partial charge in [0.05, 0.1) is 26.3 Å². The van der Waals surface area contributed by atoms with E-state index in [1.165, 1.54) is 6.92 Å². The van der Waals surface area contributed by atoms with E-state index >= 15 is 0 Å². The molecule has 0 saturated carbocycles. The standard InChI is InChI=1S/C16H11Cl2N5O7S/c1-7-15(20-19-11-4-8(23(26)27)2-3-13(11)24)16(25)22(21-7)12-5-10(18)14(6-9(12)17)31(28,29)30/h2-6,21,24H,1H3,(H,28,29,30). The van der Waals surface area contributed by atoms with Crippen molar-refractivity contribution < 1.29 is 23.0 Å². The molecular weight excluding hydrogens is 477 g/mol. The highest BCUT2D eigenvalue weighted by Crippen LogP contribution is 2.33. The first-order valence-electron chi connectivity index (χ1n) is 8.08. The number of nitrogens with one attached hydrogen (secondary N) is 1. The molecule has 0 saturated heterocycles. The molecule has 0 aliphatic carbocycles. The predicted octanol–water partition coefficient (Wildman–Crippen LogP) is 4.06. The number of aromatic amines is 1. The maximum atomic E-state index is 12.8. The van der Waals surface area contributed by atoms with Gasteiger partial charge >= 0.3 is 0 Å². The van der Waals surface area contributed by atoms with Gasteiger partial charge in [-0.15, -0.1) is 10.2 Å². The Morgan fingerprint density at radius 2 is 1.84 bits per heavy atom. The molecular formula is C16H11Cl2N5O7S. The minimum absolute atomic E-state index is 0.0354. The van der Waals surface area contributed by atoms with Crippen molar-refractivity contribution in [3.8, 4) is 11.4 Å². The topological polar surface area (TPSA) is 180 Å². The summed E-state index contributed by atoms with van der Waals surface area (Å²) in [5, 5.41) is 30.2. The van der Waals surface area contributed by atoms with E-state index in [9.17, 15) is 33.0 Å².